The largest absolute Gasteiger partial charge is 0.497 e. The van der Waals surface area contributed by atoms with Crippen LogP contribution in [0.15, 0.2) is 42.5 Å². The van der Waals surface area contributed by atoms with Crippen molar-refractivity contribution in [2.75, 3.05) is 7.11 Å². The van der Waals surface area contributed by atoms with E-state index in [1.165, 1.54) is 6.07 Å². The summed E-state index contributed by atoms with van der Waals surface area (Å²) in [6, 6.07) is 13.7. The molecule has 0 fully saturated rings. The first kappa shape index (κ1) is 12.7. The highest BCUT2D eigenvalue weighted by atomic mass is 16.5. The number of aldehydes is 1. The maximum atomic E-state index is 10.7. The van der Waals surface area contributed by atoms with Gasteiger partial charge in [0.05, 0.1) is 12.7 Å². The van der Waals surface area contributed by atoms with E-state index in [0.29, 0.717) is 28.9 Å². The Labute approximate surface area is 110 Å². The zero-order chi connectivity index (χ0) is 13.7. The molecule has 0 amide bonds. The summed E-state index contributed by atoms with van der Waals surface area (Å²) in [6.45, 7) is 0. The maximum Gasteiger partial charge on any atom is 0.150 e. The number of carbonyl (C=O) groups excluding carboxylic acids is 1. The molecule has 2 rings (SSSR count). The minimum Gasteiger partial charge on any atom is -0.497 e. The van der Waals surface area contributed by atoms with Crippen LogP contribution < -0.4 is 9.47 Å². The number of nitriles is 1. The Hall–Kier alpha value is -2.80. The van der Waals surface area contributed by atoms with Crippen LogP contribution in [0.1, 0.15) is 15.9 Å². The van der Waals surface area contributed by atoms with Gasteiger partial charge < -0.3 is 9.47 Å². The van der Waals surface area contributed by atoms with Gasteiger partial charge in [0.25, 0.3) is 0 Å². The third-order valence-corrected chi connectivity index (χ3v) is 2.55. The standard InChI is InChI=1S/C15H11NO3/c1-18-13-3-5-14(6-4-13)19-15-7-2-11(10-17)8-12(15)9-16/h2-8,10H,1H3. The lowest BCUT2D eigenvalue weighted by Crippen LogP contribution is -1.91. The second-order valence-corrected chi connectivity index (χ2v) is 3.76. The highest BCUT2D eigenvalue weighted by molar-refractivity contribution is 5.76. The molecule has 2 aromatic rings. The highest BCUT2D eigenvalue weighted by Gasteiger charge is 2.06. The maximum absolute atomic E-state index is 10.7. The van der Waals surface area contributed by atoms with E-state index >= 15 is 0 Å². The topological polar surface area (TPSA) is 59.3 Å². The summed E-state index contributed by atoms with van der Waals surface area (Å²) < 4.78 is 10.7. The number of ether oxygens (including phenoxy) is 2. The Kier molecular flexibility index (Phi) is 3.79. The molecule has 0 heterocycles. The normalized spacial score (nSPS) is 9.47. The average molecular weight is 253 g/mol. The van der Waals surface area contributed by atoms with E-state index in [9.17, 15) is 4.79 Å². The van der Waals surface area contributed by atoms with Crippen LogP contribution in [0.4, 0.5) is 0 Å². The molecule has 19 heavy (non-hydrogen) atoms. The molecule has 0 aromatic heterocycles. The zero-order valence-corrected chi connectivity index (χ0v) is 10.3. The van der Waals surface area contributed by atoms with Crippen molar-refractivity contribution in [3.63, 3.8) is 0 Å². The quantitative estimate of drug-likeness (QED) is 0.785. The summed E-state index contributed by atoms with van der Waals surface area (Å²) in [5.41, 5.74) is 0.763. The number of carbonyl (C=O) groups is 1. The fraction of sp³-hybridized carbons (Fsp3) is 0.0667. The predicted octanol–water partition coefficient (Wildman–Crippen LogP) is 3.17. The van der Waals surface area contributed by atoms with E-state index in [2.05, 4.69) is 0 Å². The molecule has 94 valence electrons. The van der Waals surface area contributed by atoms with Crippen LogP contribution in [-0.2, 0) is 0 Å². The lowest BCUT2D eigenvalue weighted by atomic mass is 10.1. The lowest BCUT2D eigenvalue weighted by molar-refractivity contribution is 0.112. The first-order valence-electron chi connectivity index (χ1n) is 5.58. The van der Waals surface area contributed by atoms with Crippen LogP contribution >= 0.6 is 0 Å². The molecular formula is C15H11NO3. The zero-order valence-electron chi connectivity index (χ0n) is 10.3. The minimum atomic E-state index is 0.320. The van der Waals surface area contributed by atoms with Crippen LogP contribution in [0.25, 0.3) is 0 Å². The Morgan fingerprint density at radius 2 is 1.79 bits per heavy atom. The average Bonchev–Trinajstić information content (AvgIpc) is 2.48. The molecule has 4 nitrogen and oxygen atoms in total. The molecule has 0 radical (unpaired) electrons. The molecule has 0 aliphatic rings. The van der Waals surface area contributed by atoms with Gasteiger partial charge in [-0.15, -0.1) is 0 Å². The molecule has 0 bridgehead atoms. The van der Waals surface area contributed by atoms with Gasteiger partial charge in [-0.1, -0.05) is 0 Å². The van der Waals surface area contributed by atoms with E-state index in [1.807, 2.05) is 6.07 Å². The van der Waals surface area contributed by atoms with Gasteiger partial charge in [-0.3, -0.25) is 4.79 Å². The molecule has 0 atom stereocenters. The first-order valence-corrected chi connectivity index (χ1v) is 5.58. The molecule has 0 unspecified atom stereocenters. The van der Waals surface area contributed by atoms with Crippen molar-refractivity contribution in [2.24, 2.45) is 0 Å². The van der Waals surface area contributed by atoms with Crippen molar-refractivity contribution in [3.8, 4) is 23.3 Å². The Bertz CT molecular complexity index is 627. The van der Waals surface area contributed by atoms with Gasteiger partial charge in [0.2, 0.25) is 0 Å². The number of nitrogens with zero attached hydrogens (tertiary/aromatic N) is 1. The van der Waals surface area contributed by atoms with E-state index in [-0.39, 0.29) is 0 Å². The molecule has 0 aliphatic carbocycles. The summed E-state index contributed by atoms with van der Waals surface area (Å²) in [7, 11) is 1.59. The van der Waals surface area contributed by atoms with Gasteiger partial charge in [-0.05, 0) is 42.5 Å². The minimum absolute atomic E-state index is 0.320. The van der Waals surface area contributed by atoms with Crippen molar-refractivity contribution in [2.45, 2.75) is 0 Å². The number of hydrogen-bond donors (Lipinski definition) is 0. The van der Waals surface area contributed by atoms with E-state index in [0.717, 1.165) is 5.75 Å². The van der Waals surface area contributed by atoms with Crippen LogP contribution in [0.3, 0.4) is 0 Å². The fourth-order valence-corrected chi connectivity index (χ4v) is 1.57. The van der Waals surface area contributed by atoms with Crippen molar-refractivity contribution in [3.05, 3.63) is 53.6 Å². The summed E-state index contributed by atoms with van der Waals surface area (Å²) in [6.07, 6.45) is 0.692. The van der Waals surface area contributed by atoms with Crippen molar-refractivity contribution in [1.29, 1.82) is 5.26 Å². The van der Waals surface area contributed by atoms with Crippen molar-refractivity contribution >= 4 is 6.29 Å². The second kappa shape index (κ2) is 5.69. The molecule has 2 aromatic carbocycles. The van der Waals surface area contributed by atoms with Gasteiger partial charge in [0, 0.05) is 5.56 Å². The predicted molar refractivity (Wildman–Crippen MR) is 69.6 cm³/mol. The molecule has 0 N–H and O–H groups in total. The van der Waals surface area contributed by atoms with Crippen LogP contribution in [0.5, 0.6) is 17.2 Å². The summed E-state index contributed by atoms with van der Waals surface area (Å²) in [4.78, 5) is 10.7. The van der Waals surface area contributed by atoms with Crippen LogP contribution in [-0.4, -0.2) is 13.4 Å². The molecule has 4 heteroatoms. The van der Waals surface area contributed by atoms with Gasteiger partial charge in [0.15, 0.2) is 0 Å². The number of hydrogen-bond acceptors (Lipinski definition) is 4. The highest BCUT2D eigenvalue weighted by Crippen LogP contribution is 2.27. The lowest BCUT2D eigenvalue weighted by Gasteiger charge is -2.08. The summed E-state index contributed by atoms with van der Waals surface area (Å²) >= 11 is 0. The monoisotopic (exact) mass is 253 g/mol. The number of methoxy groups -OCH3 is 1. The second-order valence-electron chi connectivity index (χ2n) is 3.76. The molecular weight excluding hydrogens is 242 g/mol. The SMILES string of the molecule is COc1ccc(Oc2ccc(C=O)cc2C#N)cc1. The van der Waals surface area contributed by atoms with Crippen molar-refractivity contribution in [1.82, 2.24) is 0 Å². The van der Waals surface area contributed by atoms with Crippen LogP contribution in [0.2, 0.25) is 0 Å². The van der Waals surface area contributed by atoms with Crippen LogP contribution in [0, 0.1) is 11.3 Å². The smallest absolute Gasteiger partial charge is 0.150 e. The Balaban J connectivity index is 2.27. The Morgan fingerprint density at radius 1 is 1.11 bits per heavy atom. The van der Waals surface area contributed by atoms with E-state index in [1.54, 1.807) is 43.5 Å². The molecule has 0 spiro atoms. The fourth-order valence-electron chi connectivity index (χ4n) is 1.57. The van der Waals surface area contributed by atoms with E-state index in [4.69, 9.17) is 14.7 Å². The molecule has 0 saturated carbocycles. The third kappa shape index (κ3) is 2.90. The number of rotatable bonds is 4. The van der Waals surface area contributed by atoms with Gasteiger partial charge in [0.1, 0.15) is 29.6 Å². The summed E-state index contributed by atoms with van der Waals surface area (Å²) in [5, 5.41) is 9.03. The summed E-state index contributed by atoms with van der Waals surface area (Å²) in [5.74, 6) is 1.73. The number of benzene rings is 2. The van der Waals surface area contributed by atoms with Crippen molar-refractivity contribution < 1.29 is 14.3 Å². The first-order chi connectivity index (χ1) is 9.26. The van der Waals surface area contributed by atoms with Gasteiger partial charge in [-0.25, -0.2) is 0 Å². The third-order valence-electron chi connectivity index (χ3n) is 2.55. The molecule has 0 saturated heterocycles. The van der Waals surface area contributed by atoms with Gasteiger partial charge in [-0.2, -0.15) is 5.26 Å². The van der Waals surface area contributed by atoms with E-state index < -0.39 is 0 Å². The Morgan fingerprint density at radius 3 is 2.37 bits per heavy atom. The van der Waals surface area contributed by atoms with Gasteiger partial charge >= 0.3 is 0 Å². The molecule has 0 aliphatic heterocycles.